The summed E-state index contributed by atoms with van der Waals surface area (Å²) in [6.45, 7) is 8.47. The van der Waals surface area contributed by atoms with Crippen LogP contribution in [0.5, 0.6) is 28.7 Å². The molecule has 1 fully saturated rings. The van der Waals surface area contributed by atoms with Crippen LogP contribution in [-0.4, -0.2) is 43.4 Å². The third-order valence-electron chi connectivity index (χ3n) is 5.44. The largest absolute Gasteiger partial charge is 0.489 e. The average Bonchev–Trinajstić information content (AvgIpc) is 3.67. The molecule has 0 saturated heterocycles. The molecule has 0 spiro atoms. The second-order valence-electron chi connectivity index (χ2n) is 8.13. The van der Waals surface area contributed by atoms with Crippen LogP contribution in [0.15, 0.2) is 36.5 Å². The number of fused-ring (bicyclic) bond motifs is 3. The van der Waals surface area contributed by atoms with Gasteiger partial charge in [-0.2, -0.15) is 0 Å². The molecule has 0 atom stereocenters. The molecule has 3 aromatic rings. The summed E-state index contributed by atoms with van der Waals surface area (Å²) in [7, 11) is 0. The molecule has 2 N–H and O–H groups in total. The van der Waals surface area contributed by atoms with Gasteiger partial charge >= 0.3 is 6.03 Å². The van der Waals surface area contributed by atoms with Crippen LogP contribution < -0.4 is 29.6 Å². The number of hydrogen-bond donors (Lipinski definition) is 2. The molecule has 1 aliphatic carbocycles. The molecular weight excluding hydrogens is 472 g/mol. The Morgan fingerprint density at radius 3 is 2.77 bits per heavy atom. The van der Waals surface area contributed by atoms with Crippen LogP contribution in [0.1, 0.15) is 19.3 Å². The molecule has 9 nitrogen and oxygen atoms in total. The molecule has 10 heteroatoms. The van der Waals surface area contributed by atoms with E-state index in [1.54, 1.807) is 36.5 Å². The summed E-state index contributed by atoms with van der Waals surface area (Å²) in [6, 6.07) is 8.55. The van der Waals surface area contributed by atoms with E-state index in [9.17, 15) is 4.79 Å². The summed E-state index contributed by atoms with van der Waals surface area (Å²) < 4.78 is 23.9. The fourth-order valence-electron chi connectivity index (χ4n) is 3.65. The van der Waals surface area contributed by atoms with Crippen LogP contribution in [0.25, 0.3) is 15.7 Å². The molecule has 2 aromatic carbocycles. The van der Waals surface area contributed by atoms with Crippen LogP contribution in [0.3, 0.4) is 0 Å². The number of nitrogens with one attached hydrogen (secondary N) is 2. The van der Waals surface area contributed by atoms with Gasteiger partial charge in [0.05, 0.1) is 34.6 Å². The zero-order valence-corrected chi connectivity index (χ0v) is 19.6. The predicted octanol–water partition coefficient (Wildman–Crippen LogP) is 5.42. The molecule has 0 radical (unpaired) electrons. The average molecular weight is 495 g/mol. The summed E-state index contributed by atoms with van der Waals surface area (Å²) in [5.74, 6) is 2.51. The second kappa shape index (κ2) is 10.2. The monoisotopic (exact) mass is 494 g/mol. The number of benzene rings is 2. The number of anilines is 1. The van der Waals surface area contributed by atoms with Crippen molar-refractivity contribution in [1.82, 2.24) is 10.3 Å². The minimum absolute atomic E-state index is 0.248. The summed E-state index contributed by atoms with van der Waals surface area (Å²) in [5, 5.41) is 6.62. The topological polar surface area (TPSA) is 95.3 Å². The molecule has 1 saturated carbocycles. The summed E-state index contributed by atoms with van der Waals surface area (Å²) in [6.07, 6.45) is 4.25. The zero-order valence-electron chi connectivity index (χ0n) is 18.8. The Labute approximate surface area is 207 Å². The molecule has 5 rings (SSSR count). The van der Waals surface area contributed by atoms with Crippen LogP contribution in [-0.2, 0) is 0 Å². The number of halogens is 1. The highest BCUT2D eigenvalue weighted by Crippen LogP contribution is 2.48. The maximum atomic E-state index is 12.0. The minimum Gasteiger partial charge on any atom is -0.489 e. The smallest absolute Gasteiger partial charge is 0.319 e. The summed E-state index contributed by atoms with van der Waals surface area (Å²) in [5.41, 5.74) is 1.11. The zero-order chi connectivity index (χ0) is 24.2. The van der Waals surface area contributed by atoms with Crippen molar-refractivity contribution in [3.63, 3.8) is 0 Å². The molecule has 1 aliphatic heterocycles. The van der Waals surface area contributed by atoms with E-state index in [0.717, 1.165) is 12.8 Å². The van der Waals surface area contributed by atoms with Gasteiger partial charge in [0.25, 0.3) is 0 Å². The van der Waals surface area contributed by atoms with Crippen molar-refractivity contribution in [3.05, 3.63) is 53.0 Å². The van der Waals surface area contributed by atoms with E-state index < -0.39 is 0 Å². The van der Waals surface area contributed by atoms with Crippen molar-refractivity contribution in [2.45, 2.75) is 25.3 Å². The van der Waals surface area contributed by atoms with Gasteiger partial charge in [0, 0.05) is 24.4 Å². The first-order valence-corrected chi connectivity index (χ1v) is 11.7. The number of carbonyl (C=O) groups excluding carboxylic acids is 1. The lowest BCUT2D eigenvalue weighted by molar-refractivity contribution is 0.164. The van der Waals surface area contributed by atoms with Crippen molar-refractivity contribution in [2.24, 2.45) is 0 Å². The van der Waals surface area contributed by atoms with Crippen LogP contribution in [0, 0.1) is 6.57 Å². The number of carbonyl (C=O) groups is 1. The van der Waals surface area contributed by atoms with Crippen molar-refractivity contribution < 1.29 is 23.7 Å². The van der Waals surface area contributed by atoms with Gasteiger partial charge in [0.2, 0.25) is 12.3 Å². The molecular formula is C25H23ClN4O5. The molecule has 2 aliphatic rings. The van der Waals surface area contributed by atoms with Crippen molar-refractivity contribution in [3.8, 4) is 28.7 Å². The number of urea groups is 1. The van der Waals surface area contributed by atoms with E-state index in [1.165, 1.54) is 0 Å². The van der Waals surface area contributed by atoms with Gasteiger partial charge in [-0.15, -0.1) is 0 Å². The Hall–Kier alpha value is -3.90. The lowest BCUT2D eigenvalue weighted by Crippen LogP contribution is -2.30. The Morgan fingerprint density at radius 2 is 2.00 bits per heavy atom. The quantitative estimate of drug-likeness (QED) is 0.320. The Bertz CT molecular complexity index is 1310. The van der Waals surface area contributed by atoms with E-state index >= 15 is 0 Å². The molecule has 2 amide bonds. The van der Waals surface area contributed by atoms with Gasteiger partial charge in [-0.1, -0.05) is 11.6 Å². The van der Waals surface area contributed by atoms with Crippen molar-refractivity contribution in [1.29, 1.82) is 0 Å². The fourth-order valence-corrected chi connectivity index (χ4v) is 3.87. The van der Waals surface area contributed by atoms with E-state index in [2.05, 4.69) is 20.5 Å². The highest BCUT2D eigenvalue weighted by Gasteiger charge is 2.25. The second-order valence-corrected chi connectivity index (χ2v) is 8.54. The first-order chi connectivity index (χ1) is 17.1. The number of rotatable bonds is 8. The third kappa shape index (κ3) is 5.28. The van der Waals surface area contributed by atoms with Gasteiger partial charge in [0.1, 0.15) is 24.7 Å². The standard InChI is InChI=1S/C25H23ClN4O5/c1-27-8-2-10-32-21-14-19-22(24-23(21)33-11-12-34-24)20(7-9-28-19)35-16-5-6-18(17(26)13-16)30-25(31)29-15-3-4-15/h5-7,9,13-15H,2-4,8,10-12H2,(H2,29,30,31). The van der Waals surface area contributed by atoms with Crippen molar-refractivity contribution >= 4 is 34.2 Å². The summed E-state index contributed by atoms with van der Waals surface area (Å²) >= 11 is 6.40. The minimum atomic E-state index is -0.279. The molecule has 2 heterocycles. The Morgan fingerprint density at radius 1 is 1.17 bits per heavy atom. The van der Waals surface area contributed by atoms with Gasteiger partial charge < -0.3 is 34.4 Å². The van der Waals surface area contributed by atoms with E-state index in [1.807, 2.05) is 0 Å². The number of ether oxygens (including phenoxy) is 4. The van der Waals surface area contributed by atoms with Crippen molar-refractivity contribution in [2.75, 3.05) is 31.7 Å². The number of pyridine rings is 1. The van der Waals surface area contributed by atoms with E-state index in [4.69, 9.17) is 37.1 Å². The maximum absolute atomic E-state index is 12.0. The fraction of sp³-hybridized carbons (Fsp3) is 0.320. The number of hydrogen-bond acceptors (Lipinski definition) is 6. The Balaban J connectivity index is 1.41. The molecule has 0 unspecified atom stereocenters. The van der Waals surface area contributed by atoms with Gasteiger partial charge in [-0.25, -0.2) is 11.4 Å². The third-order valence-corrected chi connectivity index (χ3v) is 5.76. The highest BCUT2D eigenvalue weighted by atomic mass is 35.5. The predicted molar refractivity (Wildman–Crippen MR) is 131 cm³/mol. The number of aromatic nitrogens is 1. The highest BCUT2D eigenvalue weighted by molar-refractivity contribution is 6.33. The number of amides is 2. The molecule has 180 valence electrons. The first-order valence-electron chi connectivity index (χ1n) is 11.3. The summed E-state index contributed by atoms with van der Waals surface area (Å²) in [4.78, 5) is 19.8. The SMILES string of the molecule is [C-]#[N+]CCCOc1cc2nccc(Oc3ccc(NC(=O)NC4CC4)c(Cl)c3)c2c2c1OCCO2. The van der Waals surface area contributed by atoms with E-state index in [-0.39, 0.29) is 12.1 Å². The first kappa shape index (κ1) is 22.9. The lowest BCUT2D eigenvalue weighted by Gasteiger charge is -2.23. The number of nitrogens with zero attached hydrogens (tertiary/aromatic N) is 2. The molecule has 1 aromatic heterocycles. The molecule has 35 heavy (non-hydrogen) atoms. The van der Waals surface area contributed by atoms with Crippen LogP contribution in [0.4, 0.5) is 10.5 Å². The van der Waals surface area contributed by atoms with Crippen LogP contribution >= 0.6 is 11.6 Å². The van der Waals surface area contributed by atoms with Gasteiger partial charge in [-0.3, -0.25) is 4.98 Å². The normalized spacial score (nSPS) is 14.2. The molecule has 0 bridgehead atoms. The van der Waals surface area contributed by atoms with Crippen LogP contribution in [0.2, 0.25) is 5.02 Å². The Kier molecular flexibility index (Phi) is 6.64. The van der Waals surface area contributed by atoms with Gasteiger partial charge in [0.15, 0.2) is 11.5 Å². The lowest BCUT2D eigenvalue weighted by atomic mass is 10.1. The van der Waals surface area contributed by atoms with Gasteiger partial charge in [-0.05, 0) is 31.0 Å². The maximum Gasteiger partial charge on any atom is 0.319 e. The van der Waals surface area contributed by atoms with E-state index in [0.29, 0.717) is 83.1 Å².